The van der Waals surface area contributed by atoms with Crippen LogP contribution in [0.3, 0.4) is 0 Å². The predicted molar refractivity (Wildman–Crippen MR) is 56.4 cm³/mol. The minimum absolute atomic E-state index is 0.0278. The molecule has 0 aliphatic heterocycles. The average molecular weight is 208 g/mol. The molecule has 0 saturated carbocycles. The zero-order valence-corrected chi connectivity index (χ0v) is 9.53. The molecule has 4 heteroatoms. The summed E-state index contributed by atoms with van der Waals surface area (Å²) in [6, 6.07) is 0. The van der Waals surface area contributed by atoms with Crippen molar-refractivity contribution in [2.75, 3.05) is 33.0 Å². The Morgan fingerprint density at radius 3 is 1.71 bits per heavy atom. The molecule has 2 N–H and O–H groups in total. The minimum atomic E-state index is 0.0278. The third-order valence-electron chi connectivity index (χ3n) is 1.13. The molecule has 0 aromatic heterocycles. The topological polar surface area (TPSA) is 58.9 Å². The van der Waals surface area contributed by atoms with Crippen molar-refractivity contribution in [3.05, 3.63) is 0 Å². The van der Waals surface area contributed by atoms with E-state index in [4.69, 9.17) is 14.9 Å². The number of aliphatic hydroxyl groups is 2. The van der Waals surface area contributed by atoms with E-state index in [2.05, 4.69) is 25.5 Å². The number of rotatable bonds is 7. The number of ether oxygens (including phenoxy) is 2. The van der Waals surface area contributed by atoms with Crippen LogP contribution in [0.1, 0.15) is 27.2 Å². The van der Waals surface area contributed by atoms with Gasteiger partial charge in [-0.3, -0.25) is 0 Å². The van der Waals surface area contributed by atoms with E-state index in [9.17, 15) is 0 Å². The molecule has 0 aliphatic rings. The number of hydrogen-bond donors (Lipinski definition) is 2. The highest BCUT2D eigenvalue weighted by molar-refractivity contribution is 4.33. The minimum Gasteiger partial charge on any atom is -0.394 e. The number of hydrogen-bond acceptors (Lipinski definition) is 4. The number of aliphatic hydroxyl groups excluding tert-OH is 2. The van der Waals surface area contributed by atoms with E-state index in [0.29, 0.717) is 19.3 Å². The average Bonchev–Trinajstić information content (AvgIpc) is 2.16. The zero-order valence-electron chi connectivity index (χ0n) is 9.53. The van der Waals surface area contributed by atoms with Crippen LogP contribution in [-0.2, 0) is 9.47 Å². The quantitative estimate of drug-likeness (QED) is 0.608. The van der Waals surface area contributed by atoms with Crippen LogP contribution in [0.4, 0.5) is 0 Å². The van der Waals surface area contributed by atoms with Crippen LogP contribution < -0.4 is 0 Å². The Kier molecular flexibility index (Phi) is 17.8. The van der Waals surface area contributed by atoms with E-state index >= 15 is 0 Å². The van der Waals surface area contributed by atoms with Crippen LogP contribution in [0.2, 0.25) is 0 Å². The normalized spacial score (nSPS) is 9.86. The summed E-state index contributed by atoms with van der Waals surface area (Å²) >= 11 is 0. The van der Waals surface area contributed by atoms with Gasteiger partial charge in [0.05, 0.1) is 32.5 Å². The molecule has 0 radical (unpaired) electrons. The summed E-state index contributed by atoms with van der Waals surface area (Å²) in [5, 5.41) is 16.2. The van der Waals surface area contributed by atoms with Gasteiger partial charge in [-0.15, -0.1) is 0 Å². The van der Waals surface area contributed by atoms with Crippen molar-refractivity contribution >= 4 is 0 Å². The van der Waals surface area contributed by atoms with Crippen molar-refractivity contribution in [3.63, 3.8) is 0 Å². The van der Waals surface area contributed by atoms with Crippen molar-refractivity contribution in [1.29, 1.82) is 0 Å². The van der Waals surface area contributed by atoms with Gasteiger partial charge in [0.25, 0.3) is 0 Å². The summed E-state index contributed by atoms with van der Waals surface area (Å²) in [6.07, 6.45) is 1.53. The van der Waals surface area contributed by atoms with Crippen LogP contribution in [0.25, 0.3) is 0 Å². The van der Waals surface area contributed by atoms with Gasteiger partial charge in [0, 0.05) is 6.61 Å². The molecular formula is C10H24O4. The van der Waals surface area contributed by atoms with E-state index < -0.39 is 0 Å². The molecule has 0 bridgehead atoms. The molecule has 0 aromatic carbocycles. The van der Waals surface area contributed by atoms with Gasteiger partial charge < -0.3 is 19.7 Å². The second-order valence-electron chi connectivity index (χ2n) is 2.98. The van der Waals surface area contributed by atoms with Gasteiger partial charge >= 0.3 is 0 Å². The molecule has 0 saturated heterocycles. The van der Waals surface area contributed by atoms with Gasteiger partial charge in [0.1, 0.15) is 0 Å². The van der Waals surface area contributed by atoms with Gasteiger partial charge in [0.2, 0.25) is 0 Å². The standard InChI is InChI=1S/C6H14O.C4H10O3/c1-4-5-7-6(2)3;5-1-3-7-4-2-6/h6H,4-5H2,1-3H3;5-6H,1-4H2. The summed E-state index contributed by atoms with van der Waals surface area (Å²) < 4.78 is 9.82. The summed E-state index contributed by atoms with van der Waals surface area (Å²) in [5.74, 6) is 0. The first-order valence-corrected chi connectivity index (χ1v) is 5.10. The lowest BCUT2D eigenvalue weighted by molar-refractivity contribution is 0.0650. The maximum absolute atomic E-state index is 8.09. The van der Waals surface area contributed by atoms with Crippen molar-refractivity contribution in [2.24, 2.45) is 0 Å². The summed E-state index contributed by atoms with van der Waals surface area (Å²) in [5.41, 5.74) is 0. The lowest BCUT2D eigenvalue weighted by atomic mass is 10.4. The van der Waals surface area contributed by atoms with Crippen LogP contribution in [0.15, 0.2) is 0 Å². The first-order valence-electron chi connectivity index (χ1n) is 5.10. The molecule has 0 spiro atoms. The highest BCUT2D eigenvalue weighted by Crippen LogP contribution is 1.87. The van der Waals surface area contributed by atoms with E-state index in [1.807, 2.05) is 0 Å². The fourth-order valence-corrected chi connectivity index (χ4v) is 0.585. The van der Waals surface area contributed by atoms with Gasteiger partial charge in [-0.2, -0.15) is 0 Å². The lowest BCUT2D eigenvalue weighted by Gasteiger charge is -2.03. The predicted octanol–water partition coefficient (Wildman–Crippen LogP) is 0.809. The lowest BCUT2D eigenvalue weighted by Crippen LogP contribution is -2.03. The Bertz CT molecular complexity index is 82.2. The molecule has 88 valence electrons. The first kappa shape index (κ1) is 16.3. The summed E-state index contributed by atoms with van der Waals surface area (Å²) in [4.78, 5) is 0. The van der Waals surface area contributed by atoms with Gasteiger partial charge in [-0.25, -0.2) is 0 Å². The second-order valence-corrected chi connectivity index (χ2v) is 2.98. The van der Waals surface area contributed by atoms with Crippen LogP contribution >= 0.6 is 0 Å². The zero-order chi connectivity index (χ0) is 11.2. The highest BCUT2D eigenvalue weighted by atomic mass is 16.5. The summed E-state index contributed by atoms with van der Waals surface area (Å²) in [7, 11) is 0. The van der Waals surface area contributed by atoms with Crippen molar-refractivity contribution in [2.45, 2.75) is 33.3 Å². The molecule has 4 nitrogen and oxygen atoms in total. The molecule has 14 heavy (non-hydrogen) atoms. The van der Waals surface area contributed by atoms with Crippen molar-refractivity contribution < 1.29 is 19.7 Å². The fraction of sp³-hybridized carbons (Fsp3) is 1.00. The van der Waals surface area contributed by atoms with E-state index in [0.717, 1.165) is 13.0 Å². The molecule has 0 heterocycles. The van der Waals surface area contributed by atoms with E-state index in [-0.39, 0.29) is 13.2 Å². The van der Waals surface area contributed by atoms with Crippen LogP contribution in [0.5, 0.6) is 0 Å². The molecular weight excluding hydrogens is 184 g/mol. The molecule has 0 atom stereocenters. The maximum atomic E-state index is 8.09. The Morgan fingerprint density at radius 2 is 1.50 bits per heavy atom. The van der Waals surface area contributed by atoms with Gasteiger partial charge in [-0.05, 0) is 20.3 Å². The molecule has 0 amide bonds. The Hall–Kier alpha value is -0.160. The smallest absolute Gasteiger partial charge is 0.0698 e. The molecule has 0 aliphatic carbocycles. The van der Waals surface area contributed by atoms with Crippen LogP contribution in [-0.4, -0.2) is 49.4 Å². The van der Waals surface area contributed by atoms with E-state index in [1.165, 1.54) is 0 Å². The Morgan fingerprint density at radius 1 is 1.00 bits per heavy atom. The van der Waals surface area contributed by atoms with Gasteiger partial charge in [0.15, 0.2) is 0 Å². The summed E-state index contributed by atoms with van der Waals surface area (Å²) in [6.45, 7) is 7.81. The fourth-order valence-electron chi connectivity index (χ4n) is 0.585. The van der Waals surface area contributed by atoms with Crippen molar-refractivity contribution in [3.8, 4) is 0 Å². The van der Waals surface area contributed by atoms with Gasteiger partial charge in [-0.1, -0.05) is 6.92 Å². The molecule has 0 rings (SSSR count). The van der Waals surface area contributed by atoms with Crippen molar-refractivity contribution in [1.82, 2.24) is 0 Å². The second kappa shape index (κ2) is 15.3. The Labute approximate surface area is 86.8 Å². The third kappa shape index (κ3) is 22.6. The molecule has 0 fully saturated rings. The Balaban J connectivity index is 0. The largest absolute Gasteiger partial charge is 0.394 e. The van der Waals surface area contributed by atoms with E-state index in [1.54, 1.807) is 0 Å². The molecule has 0 aromatic rings. The maximum Gasteiger partial charge on any atom is 0.0698 e. The monoisotopic (exact) mass is 208 g/mol. The first-order chi connectivity index (χ1) is 6.68. The third-order valence-corrected chi connectivity index (χ3v) is 1.13. The SMILES string of the molecule is CCCOC(C)C.OCCOCCO. The van der Waals surface area contributed by atoms with Crippen LogP contribution in [0, 0.1) is 0 Å². The molecule has 0 unspecified atom stereocenters. The highest BCUT2D eigenvalue weighted by Gasteiger charge is 1.87.